The molecule has 1 atom stereocenters. The molecule has 1 aromatic carbocycles. The molecule has 28 heavy (non-hydrogen) atoms. The van der Waals surface area contributed by atoms with Crippen LogP contribution in [0.15, 0.2) is 23.0 Å². The number of pyridine rings is 1. The minimum Gasteiger partial charge on any atom is -0.503 e. The van der Waals surface area contributed by atoms with Gasteiger partial charge in [-0.05, 0) is 25.8 Å². The van der Waals surface area contributed by atoms with Gasteiger partial charge in [-0.1, -0.05) is 6.07 Å². The molecule has 3 heterocycles. The van der Waals surface area contributed by atoms with Crippen LogP contribution in [0.25, 0.3) is 0 Å². The second kappa shape index (κ2) is 7.01. The summed E-state index contributed by atoms with van der Waals surface area (Å²) < 4.78 is 28.6. The van der Waals surface area contributed by atoms with Crippen molar-refractivity contribution in [2.24, 2.45) is 0 Å². The Morgan fingerprint density at radius 2 is 2.04 bits per heavy atom. The van der Waals surface area contributed by atoms with E-state index in [2.05, 4.69) is 5.32 Å². The number of likely N-dealkylation sites (N-methyl/N-ethyl adjacent to an activating group) is 1. The van der Waals surface area contributed by atoms with Crippen molar-refractivity contribution in [3.8, 4) is 5.75 Å². The Bertz CT molecular complexity index is 1020. The lowest BCUT2D eigenvalue weighted by atomic mass is 10.1. The smallest absolute Gasteiger partial charge is 0.274 e. The molecule has 0 spiro atoms. The molecule has 2 aliphatic heterocycles. The lowest BCUT2D eigenvalue weighted by Gasteiger charge is -2.34. The van der Waals surface area contributed by atoms with E-state index in [1.807, 2.05) is 6.92 Å². The molecular formula is C20H21F2N3O3. The number of hydrogen-bond donors (Lipinski definition) is 2. The molecule has 0 bridgehead atoms. The van der Waals surface area contributed by atoms with Gasteiger partial charge in [-0.2, -0.15) is 0 Å². The van der Waals surface area contributed by atoms with Crippen molar-refractivity contribution in [1.29, 1.82) is 0 Å². The number of carbonyl (C=O) groups is 1. The van der Waals surface area contributed by atoms with Crippen LogP contribution in [-0.4, -0.2) is 33.6 Å². The first kappa shape index (κ1) is 18.6. The first-order valence-corrected chi connectivity index (χ1v) is 9.35. The number of aromatic hydroxyl groups is 1. The van der Waals surface area contributed by atoms with Crippen molar-refractivity contribution in [2.45, 2.75) is 38.9 Å². The van der Waals surface area contributed by atoms with Crippen LogP contribution in [0.3, 0.4) is 0 Å². The second-order valence-corrected chi connectivity index (χ2v) is 7.20. The lowest BCUT2D eigenvalue weighted by Crippen LogP contribution is -2.43. The monoisotopic (exact) mass is 389 g/mol. The molecule has 0 saturated carbocycles. The molecule has 2 aliphatic rings. The highest BCUT2D eigenvalue weighted by Gasteiger charge is 2.39. The Balaban J connectivity index is 1.64. The Morgan fingerprint density at radius 3 is 2.75 bits per heavy atom. The number of hydrogen-bond acceptors (Lipinski definition) is 4. The van der Waals surface area contributed by atoms with Gasteiger partial charge in [-0.3, -0.25) is 9.59 Å². The highest BCUT2D eigenvalue weighted by molar-refractivity contribution is 5.96. The Hall–Kier alpha value is -2.74. The minimum absolute atomic E-state index is 0.0439. The molecule has 148 valence electrons. The largest absolute Gasteiger partial charge is 0.503 e. The number of nitrogens with zero attached hydrogens (tertiary/aromatic N) is 2. The molecule has 2 N–H and O–H groups in total. The highest BCUT2D eigenvalue weighted by Crippen LogP contribution is 2.36. The van der Waals surface area contributed by atoms with Gasteiger partial charge in [-0.25, -0.2) is 8.78 Å². The summed E-state index contributed by atoms with van der Waals surface area (Å²) in [6.45, 7) is 3.18. The third-order valence-electron chi connectivity index (χ3n) is 5.61. The first-order chi connectivity index (χ1) is 13.4. The highest BCUT2D eigenvalue weighted by atomic mass is 19.1. The van der Waals surface area contributed by atoms with Gasteiger partial charge < -0.3 is 19.9 Å². The van der Waals surface area contributed by atoms with Gasteiger partial charge in [0.2, 0.25) is 5.43 Å². The SMILES string of the molecule is CCN1C[C@H]2CCc3c(CNCc4ccc(F)cc4F)c(=O)c(O)c(n32)C1=O. The molecule has 0 fully saturated rings. The van der Waals surface area contributed by atoms with Crippen LogP contribution >= 0.6 is 0 Å². The van der Waals surface area contributed by atoms with Gasteiger partial charge in [0.05, 0.1) is 6.04 Å². The average Bonchev–Trinajstić information content (AvgIpc) is 3.08. The number of aromatic nitrogens is 1. The Kier molecular flexibility index (Phi) is 4.66. The predicted molar refractivity (Wildman–Crippen MR) is 98.2 cm³/mol. The molecular weight excluding hydrogens is 368 g/mol. The van der Waals surface area contributed by atoms with Crippen LogP contribution < -0.4 is 10.7 Å². The van der Waals surface area contributed by atoms with Crippen LogP contribution in [0.1, 0.15) is 46.7 Å². The van der Waals surface area contributed by atoms with E-state index in [4.69, 9.17) is 0 Å². The first-order valence-electron chi connectivity index (χ1n) is 9.35. The summed E-state index contributed by atoms with van der Waals surface area (Å²) in [6.07, 6.45) is 1.43. The van der Waals surface area contributed by atoms with Crippen molar-refractivity contribution >= 4 is 5.91 Å². The van der Waals surface area contributed by atoms with Crippen molar-refractivity contribution in [1.82, 2.24) is 14.8 Å². The van der Waals surface area contributed by atoms with E-state index in [0.29, 0.717) is 25.1 Å². The zero-order chi connectivity index (χ0) is 20.0. The molecule has 2 aromatic rings. The maximum Gasteiger partial charge on any atom is 0.274 e. The number of carbonyl (C=O) groups excluding carboxylic acids is 1. The maximum atomic E-state index is 13.8. The summed E-state index contributed by atoms with van der Waals surface area (Å²) in [4.78, 5) is 27.0. The molecule has 0 radical (unpaired) electrons. The zero-order valence-electron chi connectivity index (χ0n) is 15.5. The summed E-state index contributed by atoms with van der Waals surface area (Å²) in [5, 5.41) is 13.5. The van der Waals surface area contributed by atoms with Gasteiger partial charge in [0.1, 0.15) is 11.6 Å². The lowest BCUT2D eigenvalue weighted by molar-refractivity contribution is 0.0677. The van der Waals surface area contributed by atoms with Gasteiger partial charge in [-0.15, -0.1) is 0 Å². The zero-order valence-corrected chi connectivity index (χ0v) is 15.5. The fraction of sp³-hybridized carbons (Fsp3) is 0.400. The third-order valence-corrected chi connectivity index (χ3v) is 5.61. The van der Waals surface area contributed by atoms with E-state index >= 15 is 0 Å². The minimum atomic E-state index is -0.660. The van der Waals surface area contributed by atoms with E-state index < -0.39 is 22.8 Å². The van der Waals surface area contributed by atoms with Gasteiger partial charge in [0, 0.05) is 49.1 Å². The number of nitrogens with one attached hydrogen (secondary N) is 1. The molecule has 6 nitrogen and oxygen atoms in total. The van der Waals surface area contributed by atoms with Crippen molar-refractivity contribution in [3.05, 3.63) is 62.6 Å². The summed E-state index contributed by atoms with van der Waals surface area (Å²) >= 11 is 0. The fourth-order valence-electron chi connectivity index (χ4n) is 4.19. The van der Waals surface area contributed by atoms with Gasteiger partial charge >= 0.3 is 0 Å². The fourth-order valence-corrected chi connectivity index (χ4v) is 4.19. The predicted octanol–water partition coefficient (Wildman–Crippen LogP) is 2.08. The summed E-state index contributed by atoms with van der Waals surface area (Å²) in [5.74, 6) is -2.16. The number of benzene rings is 1. The number of halogens is 2. The average molecular weight is 389 g/mol. The summed E-state index contributed by atoms with van der Waals surface area (Å²) in [5.41, 5.74) is 0.930. The third kappa shape index (κ3) is 2.88. The standard InChI is InChI=1S/C20H21F2N3O3/c1-2-24-10-13-5-6-16-14(18(26)19(27)17(20(24)28)25(13)16)9-23-8-11-3-4-12(21)7-15(11)22/h3-4,7,13,23,27H,2,5-6,8-10H2,1H3/t13-/m1/s1. The van der Waals surface area contributed by atoms with E-state index in [-0.39, 0.29) is 36.3 Å². The Labute approximate surface area is 160 Å². The summed E-state index contributed by atoms with van der Waals surface area (Å²) in [7, 11) is 0. The molecule has 0 saturated heterocycles. The number of rotatable bonds is 5. The van der Waals surface area contributed by atoms with E-state index in [1.54, 1.807) is 9.47 Å². The van der Waals surface area contributed by atoms with Crippen LogP contribution in [0.2, 0.25) is 0 Å². The van der Waals surface area contributed by atoms with Gasteiger partial charge in [0.25, 0.3) is 5.91 Å². The summed E-state index contributed by atoms with van der Waals surface area (Å²) in [6, 6.07) is 3.38. The van der Waals surface area contributed by atoms with Crippen molar-refractivity contribution < 1.29 is 18.7 Å². The number of amides is 1. The van der Waals surface area contributed by atoms with Crippen LogP contribution in [0.4, 0.5) is 8.78 Å². The van der Waals surface area contributed by atoms with E-state index in [0.717, 1.165) is 18.2 Å². The second-order valence-electron chi connectivity index (χ2n) is 7.20. The molecule has 1 aromatic heterocycles. The van der Waals surface area contributed by atoms with E-state index in [1.165, 1.54) is 12.1 Å². The van der Waals surface area contributed by atoms with Crippen molar-refractivity contribution in [2.75, 3.05) is 13.1 Å². The van der Waals surface area contributed by atoms with E-state index in [9.17, 15) is 23.5 Å². The van der Waals surface area contributed by atoms with Crippen LogP contribution in [0, 0.1) is 11.6 Å². The van der Waals surface area contributed by atoms with Gasteiger partial charge in [0.15, 0.2) is 11.4 Å². The molecule has 1 amide bonds. The maximum absolute atomic E-state index is 13.8. The topological polar surface area (TPSA) is 74.6 Å². The quantitative estimate of drug-likeness (QED) is 0.821. The van der Waals surface area contributed by atoms with Crippen LogP contribution in [-0.2, 0) is 19.5 Å². The normalized spacial score (nSPS) is 17.9. The van der Waals surface area contributed by atoms with Crippen molar-refractivity contribution in [3.63, 3.8) is 0 Å². The molecule has 8 heteroatoms. The molecule has 0 aliphatic carbocycles. The molecule has 0 unspecified atom stereocenters. The van der Waals surface area contributed by atoms with Crippen LogP contribution in [0.5, 0.6) is 5.75 Å². The molecule has 4 rings (SSSR count). The Morgan fingerprint density at radius 1 is 1.25 bits per heavy atom.